The first-order valence-electron chi connectivity index (χ1n) is 12.9. The maximum Gasteiger partial charge on any atom is 0.243 e. The van der Waals surface area contributed by atoms with Crippen LogP contribution in [-0.4, -0.2) is 43.5 Å². The molecule has 8 heteroatoms. The Kier molecular flexibility index (Phi) is 8.35. The average Bonchev–Trinajstić information content (AvgIpc) is 3.39. The Bertz CT molecular complexity index is 1560. The molecule has 4 aromatic rings. The summed E-state index contributed by atoms with van der Waals surface area (Å²) in [5, 5.41) is 1.94. The van der Waals surface area contributed by atoms with Crippen molar-refractivity contribution >= 4 is 38.3 Å². The molecule has 0 saturated carbocycles. The van der Waals surface area contributed by atoms with Gasteiger partial charge in [-0.15, -0.1) is 0 Å². The SMILES string of the molecule is COc1ccc(CSC2CC(CCC(=O)c3ccc(F)cc3)N(S(=O)(=O)c3ccc4ccccc4c3)C2)cc1. The Morgan fingerprint density at radius 3 is 2.41 bits per heavy atom. The van der Waals surface area contributed by atoms with Gasteiger partial charge in [0, 0.05) is 35.6 Å². The molecule has 1 saturated heterocycles. The minimum Gasteiger partial charge on any atom is -0.497 e. The molecule has 1 fully saturated rings. The third-order valence-electron chi connectivity index (χ3n) is 7.17. The molecule has 0 spiro atoms. The first-order chi connectivity index (χ1) is 18.8. The maximum atomic E-state index is 13.9. The molecule has 0 radical (unpaired) electrons. The molecule has 0 aliphatic carbocycles. The molecule has 2 unspecified atom stereocenters. The molecular formula is C31H30FNO4S2. The molecule has 5 nitrogen and oxygen atoms in total. The smallest absolute Gasteiger partial charge is 0.243 e. The van der Waals surface area contributed by atoms with Gasteiger partial charge >= 0.3 is 0 Å². The number of methoxy groups -OCH3 is 1. The minimum atomic E-state index is -3.78. The summed E-state index contributed by atoms with van der Waals surface area (Å²) in [4.78, 5) is 13.1. The normalized spacial score (nSPS) is 17.9. The monoisotopic (exact) mass is 563 g/mol. The Morgan fingerprint density at radius 1 is 0.974 bits per heavy atom. The Labute approximate surface area is 233 Å². The van der Waals surface area contributed by atoms with Crippen molar-refractivity contribution in [2.24, 2.45) is 0 Å². The highest BCUT2D eigenvalue weighted by atomic mass is 32.2. The second-order valence-corrected chi connectivity index (χ2v) is 12.9. The number of carbonyl (C=O) groups is 1. The number of carbonyl (C=O) groups excluding carboxylic acids is 1. The molecule has 4 aromatic carbocycles. The molecule has 0 bridgehead atoms. The standard InChI is InChI=1S/C31H30FNO4S2/c1-37-28-14-6-22(7-15-28)21-38-29-19-27(13-17-31(34)24-8-11-26(32)12-9-24)33(20-29)39(35,36)30-16-10-23-4-2-3-5-25(23)18-30/h2-12,14-16,18,27,29H,13,17,19-21H2,1H3. The van der Waals surface area contributed by atoms with Crippen molar-refractivity contribution in [3.05, 3.63) is 108 Å². The van der Waals surface area contributed by atoms with E-state index in [9.17, 15) is 17.6 Å². The number of ether oxygens (including phenoxy) is 1. The summed E-state index contributed by atoms with van der Waals surface area (Å²) < 4.78 is 47.9. The third kappa shape index (κ3) is 6.35. The number of rotatable bonds is 10. The number of nitrogens with zero attached hydrogens (tertiary/aromatic N) is 1. The van der Waals surface area contributed by atoms with Crippen LogP contribution in [0.3, 0.4) is 0 Å². The summed E-state index contributed by atoms with van der Waals surface area (Å²) in [6.45, 7) is 0.380. The van der Waals surface area contributed by atoms with Gasteiger partial charge in [-0.3, -0.25) is 4.79 Å². The van der Waals surface area contributed by atoms with Gasteiger partial charge in [0.05, 0.1) is 12.0 Å². The molecule has 0 aromatic heterocycles. The fourth-order valence-corrected chi connectivity index (χ4v) is 8.09. The lowest BCUT2D eigenvalue weighted by atomic mass is 10.0. The van der Waals surface area contributed by atoms with Crippen molar-refractivity contribution in [1.82, 2.24) is 4.31 Å². The second kappa shape index (κ2) is 11.9. The van der Waals surface area contributed by atoms with E-state index >= 15 is 0 Å². The van der Waals surface area contributed by atoms with Crippen LogP contribution >= 0.6 is 11.8 Å². The van der Waals surface area contributed by atoms with Gasteiger partial charge < -0.3 is 4.74 Å². The van der Waals surface area contributed by atoms with E-state index in [0.717, 1.165) is 27.8 Å². The number of thioether (sulfide) groups is 1. The number of ketones is 1. The second-order valence-electron chi connectivity index (χ2n) is 9.72. The van der Waals surface area contributed by atoms with Crippen LogP contribution < -0.4 is 4.74 Å². The van der Waals surface area contributed by atoms with Gasteiger partial charge in [0.25, 0.3) is 0 Å². The Balaban J connectivity index is 1.35. The number of halogens is 1. The number of hydrogen-bond acceptors (Lipinski definition) is 5. The zero-order valence-corrected chi connectivity index (χ0v) is 23.3. The number of sulfonamides is 1. The number of benzene rings is 4. The lowest BCUT2D eigenvalue weighted by molar-refractivity contribution is 0.0973. The van der Waals surface area contributed by atoms with Crippen molar-refractivity contribution < 1.29 is 22.3 Å². The van der Waals surface area contributed by atoms with Crippen LogP contribution in [0.2, 0.25) is 0 Å². The lowest BCUT2D eigenvalue weighted by Crippen LogP contribution is -2.36. The highest BCUT2D eigenvalue weighted by Crippen LogP contribution is 2.36. The predicted octanol–water partition coefficient (Wildman–Crippen LogP) is 6.72. The van der Waals surface area contributed by atoms with Crippen LogP contribution in [-0.2, 0) is 15.8 Å². The first kappa shape index (κ1) is 27.4. The number of fused-ring (bicyclic) bond motifs is 1. The van der Waals surface area contributed by atoms with Gasteiger partial charge in [-0.05, 0) is 77.7 Å². The third-order valence-corrected chi connectivity index (χ3v) is 10.4. The molecular weight excluding hydrogens is 533 g/mol. The molecule has 5 rings (SSSR count). The lowest BCUT2D eigenvalue weighted by Gasteiger charge is -2.24. The van der Waals surface area contributed by atoms with Crippen molar-refractivity contribution in [2.45, 2.75) is 41.2 Å². The molecule has 1 heterocycles. The van der Waals surface area contributed by atoms with Crippen molar-refractivity contribution in [3.63, 3.8) is 0 Å². The highest BCUT2D eigenvalue weighted by molar-refractivity contribution is 7.99. The fraction of sp³-hybridized carbons (Fsp3) is 0.258. The van der Waals surface area contributed by atoms with Crippen molar-refractivity contribution in [3.8, 4) is 5.75 Å². The Morgan fingerprint density at radius 2 is 1.69 bits per heavy atom. The van der Waals surface area contributed by atoms with E-state index in [1.54, 1.807) is 35.3 Å². The quantitative estimate of drug-likeness (QED) is 0.201. The molecule has 1 aliphatic heterocycles. The van der Waals surface area contributed by atoms with Gasteiger partial charge in [0.2, 0.25) is 10.0 Å². The maximum absolute atomic E-state index is 13.9. The van der Waals surface area contributed by atoms with E-state index in [2.05, 4.69) is 0 Å². The van der Waals surface area contributed by atoms with E-state index in [1.165, 1.54) is 24.3 Å². The summed E-state index contributed by atoms with van der Waals surface area (Å²) in [7, 11) is -2.15. The van der Waals surface area contributed by atoms with Crippen molar-refractivity contribution in [1.29, 1.82) is 0 Å². The number of hydrogen-bond donors (Lipinski definition) is 0. The number of Topliss-reactive ketones (excluding diaryl/α,β-unsaturated/α-hetero) is 1. The molecule has 2 atom stereocenters. The largest absolute Gasteiger partial charge is 0.497 e. The summed E-state index contributed by atoms with van der Waals surface area (Å²) in [6.07, 6.45) is 1.25. The zero-order valence-electron chi connectivity index (χ0n) is 21.6. The molecule has 1 aliphatic rings. The van der Waals surface area contributed by atoms with Crippen LogP contribution in [0.15, 0.2) is 95.9 Å². The average molecular weight is 564 g/mol. The first-order valence-corrected chi connectivity index (χ1v) is 15.4. The van der Waals surface area contributed by atoms with Crippen LogP contribution in [0.1, 0.15) is 35.2 Å². The summed E-state index contributed by atoms with van der Waals surface area (Å²) in [6, 6.07) is 26.0. The van der Waals surface area contributed by atoms with E-state index in [4.69, 9.17) is 4.74 Å². The van der Waals surface area contributed by atoms with Gasteiger partial charge in [-0.1, -0.05) is 42.5 Å². The van der Waals surface area contributed by atoms with Crippen LogP contribution in [0.25, 0.3) is 10.8 Å². The van der Waals surface area contributed by atoms with Crippen LogP contribution in [0, 0.1) is 5.82 Å². The molecule has 39 heavy (non-hydrogen) atoms. The van der Waals surface area contributed by atoms with E-state index in [-0.39, 0.29) is 28.4 Å². The van der Waals surface area contributed by atoms with Gasteiger partial charge in [-0.2, -0.15) is 16.1 Å². The van der Waals surface area contributed by atoms with E-state index in [0.29, 0.717) is 24.9 Å². The summed E-state index contributed by atoms with van der Waals surface area (Å²) in [5.74, 6) is 1.03. The van der Waals surface area contributed by atoms with Crippen LogP contribution in [0.5, 0.6) is 5.75 Å². The van der Waals surface area contributed by atoms with E-state index in [1.807, 2.05) is 54.6 Å². The minimum absolute atomic E-state index is 0.0910. The summed E-state index contributed by atoms with van der Waals surface area (Å²) in [5.41, 5.74) is 1.57. The molecule has 202 valence electrons. The highest BCUT2D eigenvalue weighted by Gasteiger charge is 2.40. The molecule has 0 N–H and O–H groups in total. The Hall–Kier alpha value is -3.20. The summed E-state index contributed by atoms with van der Waals surface area (Å²) >= 11 is 1.73. The topological polar surface area (TPSA) is 63.7 Å². The predicted molar refractivity (Wildman–Crippen MR) is 154 cm³/mol. The van der Waals surface area contributed by atoms with Gasteiger partial charge in [-0.25, -0.2) is 12.8 Å². The zero-order chi connectivity index (χ0) is 27.4. The van der Waals surface area contributed by atoms with Gasteiger partial charge in [0.15, 0.2) is 5.78 Å². The molecule has 0 amide bonds. The van der Waals surface area contributed by atoms with Crippen molar-refractivity contribution in [2.75, 3.05) is 13.7 Å². The fourth-order valence-electron chi connectivity index (χ4n) is 5.00. The van der Waals surface area contributed by atoms with Crippen LogP contribution in [0.4, 0.5) is 4.39 Å². The van der Waals surface area contributed by atoms with E-state index < -0.39 is 15.8 Å². The van der Waals surface area contributed by atoms with Gasteiger partial charge in [0.1, 0.15) is 11.6 Å².